The van der Waals surface area contributed by atoms with E-state index in [0.29, 0.717) is 12.2 Å². The standard InChI is InChI=1S/C12H17BrO2/c1-12(2,3)10-7-9(13)6-8(4-5-14)11(10)15/h6-7,14-15H,4-5H2,1-3H3. The van der Waals surface area contributed by atoms with Crippen molar-refractivity contribution < 1.29 is 10.2 Å². The summed E-state index contributed by atoms with van der Waals surface area (Å²) in [6, 6.07) is 3.77. The van der Waals surface area contributed by atoms with E-state index in [4.69, 9.17) is 5.11 Å². The van der Waals surface area contributed by atoms with Crippen molar-refractivity contribution in [2.24, 2.45) is 0 Å². The molecule has 84 valence electrons. The summed E-state index contributed by atoms with van der Waals surface area (Å²) in [4.78, 5) is 0. The number of hydrogen-bond donors (Lipinski definition) is 2. The van der Waals surface area contributed by atoms with Crippen molar-refractivity contribution in [1.82, 2.24) is 0 Å². The quantitative estimate of drug-likeness (QED) is 0.869. The van der Waals surface area contributed by atoms with E-state index in [9.17, 15) is 5.11 Å². The molecule has 0 heterocycles. The molecule has 0 radical (unpaired) electrons. The van der Waals surface area contributed by atoms with Crippen LogP contribution in [0.3, 0.4) is 0 Å². The number of halogens is 1. The highest BCUT2D eigenvalue weighted by molar-refractivity contribution is 9.10. The average molecular weight is 273 g/mol. The van der Waals surface area contributed by atoms with Gasteiger partial charge in [-0.2, -0.15) is 0 Å². The molecule has 0 saturated heterocycles. The molecular weight excluding hydrogens is 256 g/mol. The minimum Gasteiger partial charge on any atom is -0.507 e. The largest absolute Gasteiger partial charge is 0.507 e. The maximum absolute atomic E-state index is 10.0. The lowest BCUT2D eigenvalue weighted by molar-refractivity contribution is 0.297. The SMILES string of the molecule is CC(C)(C)c1cc(Br)cc(CCO)c1O. The van der Waals surface area contributed by atoms with Gasteiger partial charge in [-0.1, -0.05) is 36.7 Å². The Morgan fingerprint density at radius 3 is 2.33 bits per heavy atom. The highest BCUT2D eigenvalue weighted by Crippen LogP contribution is 2.35. The minimum atomic E-state index is -0.0991. The van der Waals surface area contributed by atoms with Crippen LogP contribution in [0.1, 0.15) is 31.9 Å². The average Bonchev–Trinajstić information content (AvgIpc) is 2.09. The van der Waals surface area contributed by atoms with Gasteiger partial charge in [0, 0.05) is 16.6 Å². The fraction of sp³-hybridized carbons (Fsp3) is 0.500. The molecule has 0 bridgehead atoms. The van der Waals surface area contributed by atoms with E-state index in [1.54, 1.807) is 0 Å². The van der Waals surface area contributed by atoms with Crippen LogP contribution in [0.4, 0.5) is 0 Å². The van der Waals surface area contributed by atoms with Crippen molar-refractivity contribution in [3.05, 3.63) is 27.7 Å². The van der Waals surface area contributed by atoms with Crippen molar-refractivity contribution >= 4 is 15.9 Å². The van der Waals surface area contributed by atoms with Crippen LogP contribution in [0.5, 0.6) is 5.75 Å². The molecule has 0 aliphatic carbocycles. The van der Waals surface area contributed by atoms with Crippen LogP contribution >= 0.6 is 15.9 Å². The van der Waals surface area contributed by atoms with E-state index in [1.807, 2.05) is 12.1 Å². The molecule has 0 saturated carbocycles. The number of phenols is 1. The monoisotopic (exact) mass is 272 g/mol. The second kappa shape index (κ2) is 4.54. The summed E-state index contributed by atoms with van der Waals surface area (Å²) < 4.78 is 0.939. The van der Waals surface area contributed by atoms with E-state index in [0.717, 1.165) is 15.6 Å². The van der Waals surface area contributed by atoms with Gasteiger partial charge >= 0.3 is 0 Å². The van der Waals surface area contributed by atoms with Crippen molar-refractivity contribution in [2.45, 2.75) is 32.6 Å². The van der Waals surface area contributed by atoms with E-state index in [-0.39, 0.29) is 12.0 Å². The molecule has 2 N–H and O–H groups in total. The van der Waals surface area contributed by atoms with Gasteiger partial charge in [0.15, 0.2) is 0 Å². The topological polar surface area (TPSA) is 40.5 Å². The molecule has 0 aliphatic rings. The Morgan fingerprint density at radius 1 is 1.27 bits per heavy atom. The van der Waals surface area contributed by atoms with Gasteiger partial charge in [-0.25, -0.2) is 0 Å². The zero-order valence-corrected chi connectivity index (χ0v) is 10.9. The van der Waals surface area contributed by atoms with Gasteiger partial charge in [0.25, 0.3) is 0 Å². The van der Waals surface area contributed by atoms with Crippen molar-refractivity contribution in [3.63, 3.8) is 0 Å². The zero-order valence-electron chi connectivity index (χ0n) is 9.34. The third-order valence-corrected chi connectivity index (χ3v) is 2.80. The van der Waals surface area contributed by atoms with E-state index in [2.05, 4.69) is 36.7 Å². The van der Waals surface area contributed by atoms with Gasteiger partial charge < -0.3 is 10.2 Å². The molecule has 0 fully saturated rings. The first-order valence-corrected chi connectivity index (χ1v) is 5.78. The first kappa shape index (κ1) is 12.5. The summed E-state index contributed by atoms with van der Waals surface area (Å²) in [6.07, 6.45) is 0.481. The fourth-order valence-electron chi connectivity index (χ4n) is 1.54. The van der Waals surface area contributed by atoms with E-state index in [1.165, 1.54) is 0 Å². The molecule has 1 aromatic rings. The predicted molar refractivity (Wildman–Crippen MR) is 65.3 cm³/mol. The van der Waals surface area contributed by atoms with Gasteiger partial charge in [-0.3, -0.25) is 0 Å². The summed E-state index contributed by atoms with van der Waals surface area (Å²) >= 11 is 3.42. The molecule has 1 aromatic carbocycles. The van der Waals surface area contributed by atoms with Gasteiger partial charge in [0.05, 0.1) is 0 Å². The summed E-state index contributed by atoms with van der Waals surface area (Å²) in [6.45, 7) is 6.21. The number of rotatable bonds is 2. The van der Waals surface area contributed by atoms with Gasteiger partial charge in [-0.05, 0) is 29.5 Å². The van der Waals surface area contributed by atoms with Crippen LogP contribution in [0.2, 0.25) is 0 Å². The second-order valence-electron chi connectivity index (χ2n) is 4.68. The molecule has 0 aliphatic heterocycles. The number of aliphatic hydroxyl groups excluding tert-OH is 1. The highest BCUT2D eigenvalue weighted by atomic mass is 79.9. The maximum Gasteiger partial charge on any atom is 0.122 e. The highest BCUT2D eigenvalue weighted by Gasteiger charge is 2.20. The second-order valence-corrected chi connectivity index (χ2v) is 5.60. The molecule has 2 nitrogen and oxygen atoms in total. The van der Waals surface area contributed by atoms with Crippen LogP contribution < -0.4 is 0 Å². The normalized spacial score (nSPS) is 11.8. The maximum atomic E-state index is 10.0. The van der Waals surface area contributed by atoms with Crippen LogP contribution in [0, 0.1) is 0 Å². The van der Waals surface area contributed by atoms with Crippen molar-refractivity contribution in [3.8, 4) is 5.75 Å². The van der Waals surface area contributed by atoms with Crippen LogP contribution in [-0.2, 0) is 11.8 Å². The Kier molecular flexibility index (Phi) is 3.79. The lowest BCUT2D eigenvalue weighted by Crippen LogP contribution is -2.12. The Bertz CT molecular complexity index is 353. The Morgan fingerprint density at radius 2 is 1.87 bits per heavy atom. The van der Waals surface area contributed by atoms with Crippen LogP contribution in [0.25, 0.3) is 0 Å². The van der Waals surface area contributed by atoms with Gasteiger partial charge in [-0.15, -0.1) is 0 Å². The number of aromatic hydroxyl groups is 1. The fourth-order valence-corrected chi connectivity index (χ4v) is 2.04. The molecule has 1 rings (SSSR count). The number of phenolic OH excluding ortho intramolecular Hbond substituents is 1. The van der Waals surface area contributed by atoms with Crippen LogP contribution in [0.15, 0.2) is 16.6 Å². The molecular formula is C12H17BrO2. The summed E-state index contributed by atoms with van der Waals surface area (Å²) in [5, 5.41) is 19.0. The smallest absolute Gasteiger partial charge is 0.122 e. The van der Waals surface area contributed by atoms with Crippen molar-refractivity contribution in [2.75, 3.05) is 6.61 Å². The van der Waals surface area contributed by atoms with E-state index < -0.39 is 0 Å². The minimum absolute atomic E-state index is 0.0492. The zero-order chi connectivity index (χ0) is 11.6. The third-order valence-electron chi connectivity index (χ3n) is 2.34. The molecule has 0 unspecified atom stereocenters. The lowest BCUT2D eigenvalue weighted by Gasteiger charge is -2.22. The molecule has 0 aromatic heterocycles. The van der Waals surface area contributed by atoms with Gasteiger partial charge in [0.1, 0.15) is 5.75 Å². The Balaban J connectivity index is 3.28. The number of aliphatic hydroxyl groups is 1. The first-order chi connectivity index (χ1) is 6.86. The molecule has 15 heavy (non-hydrogen) atoms. The molecule has 0 spiro atoms. The lowest BCUT2D eigenvalue weighted by atomic mass is 9.85. The molecule has 0 amide bonds. The number of hydrogen-bond acceptors (Lipinski definition) is 2. The predicted octanol–water partition coefficient (Wildman–Crippen LogP) is 2.99. The van der Waals surface area contributed by atoms with E-state index >= 15 is 0 Å². The Hall–Kier alpha value is -0.540. The van der Waals surface area contributed by atoms with Gasteiger partial charge in [0.2, 0.25) is 0 Å². The van der Waals surface area contributed by atoms with Crippen molar-refractivity contribution in [1.29, 1.82) is 0 Å². The third kappa shape index (κ3) is 2.95. The molecule has 3 heteroatoms. The van der Waals surface area contributed by atoms with Crippen LogP contribution in [-0.4, -0.2) is 16.8 Å². The number of benzene rings is 1. The Labute approximate surface area is 99.1 Å². The summed E-state index contributed by atoms with van der Waals surface area (Å²) in [5.74, 6) is 0.305. The first-order valence-electron chi connectivity index (χ1n) is 4.99. The molecule has 0 atom stereocenters. The summed E-state index contributed by atoms with van der Waals surface area (Å²) in [5.41, 5.74) is 1.59. The summed E-state index contributed by atoms with van der Waals surface area (Å²) in [7, 11) is 0.